The van der Waals surface area contributed by atoms with Gasteiger partial charge in [0.25, 0.3) is 0 Å². The van der Waals surface area contributed by atoms with Gasteiger partial charge in [0, 0.05) is 5.56 Å². The largest absolute Gasteiger partial charge is 0.476 e. The number of aromatic nitrogens is 4. The van der Waals surface area contributed by atoms with Gasteiger partial charge in [0.05, 0.1) is 0 Å². The van der Waals surface area contributed by atoms with E-state index in [4.69, 9.17) is 5.11 Å². The number of carboxylic acids is 1. The topological polar surface area (TPSA) is 80.4 Å². The predicted molar refractivity (Wildman–Crippen MR) is 63.1 cm³/mol. The Morgan fingerprint density at radius 3 is 2.53 bits per heavy atom. The summed E-state index contributed by atoms with van der Waals surface area (Å²) in [6, 6.07) is 8.49. The van der Waals surface area contributed by atoms with E-state index < -0.39 is 5.97 Å². The van der Waals surface area contributed by atoms with E-state index in [2.05, 4.69) is 15.3 Å². The predicted octanol–water partition coefficient (Wildman–Crippen LogP) is 1.63. The smallest absolute Gasteiger partial charge is 0.356 e. The summed E-state index contributed by atoms with van der Waals surface area (Å²) in [4.78, 5) is 10.9. The van der Waals surface area contributed by atoms with E-state index in [1.54, 1.807) is 0 Å². The van der Waals surface area contributed by atoms with Gasteiger partial charge in [-0.2, -0.15) is 9.61 Å². The molecule has 1 aromatic carbocycles. The molecular weight excluding hydrogens is 251 g/mol. The van der Waals surface area contributed by atoms with Gasteiger partial charge in [-0.1, -0.05) is 0 Å². The minimum atomic E-state index is -1.14. The summed E-state index contributed by atoms with van der Waals surface area (Å²) in [5.74, 6) is -1.14. The molecule has 3 rings (SSSR count). The summed E-state index contributed by atoms with van der Waals surface area (Å²) in [7, 11) is 0. The van der Waals surface area contributed by atoms with E-state index in [0.29, 0.717) is 17.0 Å². The molecule has 3 aromatic rings. The number of halogens is 1. The van der Waals surface area contributed by atoms with Crippen LogP contribution in [-0.2, 0) is 0 Å². The molecule has 0 fully saturated rings. The Morgan fingerprint density at radius 2 is 1.84 bits per heavy atom. The Balaban J connectivity index is 2.21. The maximum atomic E-state index is 12.9. The van der Waals surface area contributed by atoms with E-state index in [1.807, 2.05) is 0 Å². The Hall–Kier alpha value is -2.83. The summed E-state index contributed by atoms with van der Waals surface area (Å²) in [5, 5.41) is 20.7. The van der Waals surface area contributed by atoms with Crippen LogP contribution in [0.2, 0.25) is 0 Å². The van der Waals surface area contributed by atoms with Crippen LogP contribution in [0.15, 0.2) is 36.4 Å². The van der Waals surface area contributed by atoms with Gasteiger partial charge in [-0.25, -0.2) is 9.18 Å². The highest BCUT2D eigenvalue weighted by Gasteiger charge is 2.12. The molecule has 6 nitrogen and oxygen atoms in total. The number of carboxylic acid groups (broad SMARTS) is 1. The van der Waals surface area contributed by atoms with E-state index in [-0.39, 0.29) is 11.5 Å². The summed E-state index contributed by atoms with van der Waals surface area (Å²) < 4.78 is 14.2. The second-order valence-electron chi connectivity index (χ2n) is 3.82. The third-order valence-electron chi connectivity index (χ3n) is 2.58. The molecule has 7 heteroatoms. The van der Waals surface area contributed by atoms with Crippen molar-refractivity contribution in [2.24, 2.45) is 0 Å². The Labute approximate surface area is 106 Å². The summed E-state index contributed by atoms with van der Waals surface area (Å²) >= 11 is 0. The van der Waals surface area contributed by atoms with Gasteiger partial charge in [0.15, 0.2) is 17.2 Å². The van der Waals surface area contributed by atoms with Crippen LogP contribution in [0.1, 0.15) is 10.5 Å². The van der Waals surface area contributed by atoms with Crippen molar-refractivity contribution < 1.29 is 14.3 Å². The van der Waals surface area contributed by atoms with E-state index >= 15 is 0 Å². The Bertz CT molecular complexity index is 767. The van der Waals surface area contributed by atoms with Gasteiger partial charge in [0.2, 0.25) is 0 Å². The number of carbonyl (C=O) groups is 1. The minimum absolute atomic E-state index is 0.115. The normalized spacial score (nSPS) is 10.8. The Kier molecular flexibility index (Phi) is 2.45. The molecule has 0 atom stereocenters. The highest BCUT2D eigenvalue weighted by Crippen LogP contribution is 2.17. The zero-order chi connectivity index (χ0) is 13.4. The van der Waals surface area contributed by atoms with Crippen molar-refractivity contribution >= 4 is 11.6 Å². The molecule has 0 bridgehead atoms. The third kappa shape index (κ3) is 1.90. The second-order valence-corrected chi connectivity index (χ2v) is 3.82. The zero-order valence-corrected chi connectivity index (χ0v) is 9.49. The molecule has 0 spiro atoms. The summed E-state index contributed by atoms with van der Waals surface area (Å²) in [5.41, 5.74) is 0.906. The maximum Gasteiger partial charge on any atom is 0.356 e. The lowest BCUT2D eigenvalue weighted by Gasteiger charge is -2.00. The van der Waals surface area contributed by atoms with Gasteiger partial charge in [-0.15, -0.1) is 10.2 Å². The lowest BCUT2D eigenvalue weighted by Crippen LogP contribution is -2.05. The first kappa shape index (κ1) is 11.3. The average Bonchev–Trinajstić information content (AvgIpc) is 2.82. The molecule has 2 aromatic heterocycles. The van der Waals surface area contributed by atoms with Crippen LogP contribution >= 0.6 is 0 Å². The first-order valence-corrected chi connectivity index (χ1v) is 5.37. The third-order valence-corrected chi connectivity index (χ3v) is 2.58. The number of rotatable bonds is 2. The lowest BCUT2D eigenvalue weighted by molar-refractivity contribution is 0.0689. The first-order chi connectivity index (χ1) is 9.15. The Morgan fingerprint density at radius 1 is 1.11 bits per heavy atom. The van der Waals surface area contributed by atoms with Crippen molar-refractivity contribution in [2.45, 2.75) is 0 Å². The lowest BCUT2D eigenvalue weighted by atomic mass is 10.2. The molecule has 0 saturated carbocycles. The van der Waals surface area contributed by atoms with Gasteiger partial charge in [0.1, 0.15) is 5.82 Å². The molecule has 94 valence electrons. The van der Waals surface area contributed by atoms with Crippen molar-refractivity contribution in [1.29, 1.82) is 0 Å². The molecule has 0 aliphatic heterocycles. The number of benzene rings is 1. The first-order valence-electron chi connectivity index (χ1n) is 5.37. The van der Waals surface area contributed by atoms with Crippen molar-refractivity contribution in [2.75, 3.05) is 0 Å². The van der Waals surface area contributed by atoms with Crippen LogP contribution in [0.3, 0.4) is 0 Å². The van der Waals surface area contributed by atoms with Crippen molar-refractivity contribution in [3.05, 3.63) is 47.9 Å². The quantitative estimate of drug-likeness (QED) is 0.755. The van der Waals surface area contributed by atoms with Gasteiger partial charge in [-0.3, -0.25) is 0 Å². The fourth-order valence-corrected chi connectivity index (χ4v) is 1.68. The molecule has 2 heterocycles. The molecule has 0 aliphatic rings. The van der Waals surface area contributed by atoms with Crippen molar-refractivity contribution in [1.82, 2.24) is 19.8 Å². The fourth-order valence-electron chi connectivity index (χ4n) is 1.68. The van der Waals surface area contributed by atoms with Gasteiger partial charge < -0.3 is 5.11 Å². The van der Waals surface area contributed by atoms with Gasteiger partial charge in [-0.05, 0) is 36.4 Å². The molecule has 0 radical (unpaired) electrons. The van der Waals surface area contributed by atoms with Crippen molar-refractivity contribution in [3.63, 3.8) is 0 Å². The van der Waals surface area contributed by atoms with Crippen LogP contribution in [0.5, 0.6) is 0 Å². The highest BCUT2D eigenvalue weighted by molar-refractivity contribution is 5.85. The SMILES string of the molecule is O=C(O)c1ccc2nnc(-c3ccc(F)cc3)n2n1. The average molecular weight is 258 g/mol. The number of aromatic carboxylic acids is 1. The molecule has 0 amide bonds. The molecule has 0 unspecified atom stereocenters. The standard InChI is InChI=1S/C12H7FN4O2/c13-8-3-1-7(2-4-8)11-15-14-10-6-5-9(12(18)19)16-17(10)11/h1-6H,(H,18,19). The van der Waals surface area contributed by atoms with Crippen LogP contribution in [0.25, 0.3) is 17.0 Å². The monoisotopic (exact) mass is 258 g/mol. The van der Waals surface area contributed by atoms with Crippen LogP contribution in [0.4, 0.5) is 4.39 Å². The molecular formula is C12H7FN4O2. The number of hydrogen-bond donors (Lipinski definition) is 1. The molecule has 0 aliphatic carbocycles. The minimum Gasteiger partial charge on any atom is -0.476 e. The molecule has 1 N–H and O–H groups in total. The van der Waals surface area contributed by atoms with Crippen molar-refractivity contribution in [3.8, 4) is 11.4 Å². The van der Waals surface area contributed by atoms with Gasteiger partial charge >= 0.3 is 5.97 Å². The van der Waals surface area contributed by atoms with E-state index in [1.165, 1.54) is 40.9 Å². The highest BCUT2D eigenvalue weighted by atomic mass is 19.1. The second kappa shape index (κ2) is 4.13. The number of fused-ring (bicyclic) bond motifs is 1. The fraction of sp³-hybridized carbons (Fsp3) is 0. The molecule has 0 saturated heterocycles. The van der Waals surface area contributed by atoms with Crippen LogP contribution in [0, 0.1) is 5.82 Å². The number of hydrogen-bond acceptors (Lipinski definition) is 4. The maximum absolute atomic E-state index is 12.9. The van der Waals surface area contributed by atoms with E-state index in [9.17, 15) is 9.18 Å². The van der Waals surface area contributed by atoms with Crippen LogP contribution < -0.4 is 0 Å². The zero-order valence-electron chi connectivity index (χ0n) is 9.49. The molecule has 19 heavy (non-hydrogen) atoms. The number of nitrogens with zero attached hydrogens (tertiary/aromatic N) is 4. The summed E-state index contributed by atoms with van der Waals surface area (Å²) in [6.45, 7) is 0. The van der Waals surface area contributed by atoms with E-state index in [0.717, 1.165) is 0 Å². The summed E-state index contributed by atoms with van der Waals surface area (Å²) in [6.07, 6.45) is 0. The van der Waals surface area contributed by atoms with Crippen LogP contribution in [-0.4, -0.2) is 30.9 Å².